The number of thiophene rings is 1. The van der Waals surface area contributed by atoms with E-state index in [1.54, 1.807) is 6.07 Å². The maximum atomic E-state index is 8.94. The Morgan fingerprint density at radius 3 is 2.36 bits per heavy atom. The summed E-state index contributed by atoms with van der Waals surface area (Å²) in [7, 11) is -1.33. The van der Waals surface area contributed by atoms with Gasteiger partial charge in [0.05, 0.1) is 0 Å². The Balaban J connectivity index is 2.58. The average Bonchev–Trinajstić information content (AvgIpc) is 2.62. The van der Waals surface area contributed by atoms with Crippen molar-refractivity contribution < 1.29 is 10.0 Å². The fourth-order valence-electron chi connectivity index (χ4n) is 1.29. The molecule has 5 heteroatoms. The van der Waals surface area contributed by atoms with Crippen molar-refractivity contribution in [3.05, 3.63) is 17.0 Å². The number of rotatable bonds is 5. The summed E-state index contributed by atoms with van der Waals surface area (Å²) in [6.45, 7) is 7.18. The van der Waals surface area contributed by atoms with Crippen LogP contribution in [-0.4, -0.2) is 35.2 Å². The molecule has 0 aliphatic heterocycles. The molecule has 0 aromatic carbocycles. The predicted molar refractivity (Wildman–Crippen MR) is 60.8 cm³/mol. The van der Waals surface area contributed by atoms with Gasteiger partial charge in [-0.25, -0.2) is 0 Å². The second-order valence-electron chi connectivity index (χ2n) is 3.14. The molecule has 0 unspecified atom stereocenters. The third kappa shape index (κ3) is 3.10. The fourth-order valence-corrected chi connectivity index (χ4v) is 2.21. The summed E-state index contributed by atoms with van der Waals surface area (Å²) in [5.74, 6) is 0. The molecule has 0 radical (unpaired) electrons. The summed E-state index contributed by atoms with van der Waals surface area (Å²) in [4.78, 5) is 3.47. The smallest absolute Gasteiger partial charge is 0.423 e. The molecule has 14 heavy (non-hydrogen) atoms. The molecule has 0 atom stereocenters. The maximum Gasteiger partial charge on any atom is 0.499 e. The van der Waals surface area contributed by atoms with Crippen LogP contribution in [0.3, 0.4) is 0 Å². The van der Waals surface area contributed by atoms with E-state index in [2.05, 4.69) is 18.7 Å². The summed E-state index contributed by atoms with van der Waals surface area (Å²) in [5.41, 5.74) is 0. The van der Waals surface area contributed by atoms with Gasteiger partial charge >= 0.3 is 7.12 Å². The lowest BCUT2D eigenvalue weighted by molar-refractivity contribution is 0.298. The van der Waals surface area contributed by atoms with Gasteiger partial charge in [-0.1, -0.05) is 19.9 Å². The molecule has 0 aliphatic rings. The van der Waals surface area contributed by atoms with Crippen LogP contribution >= 0.6 is 11.3 Å². The van der Waals surface area contributed by atoms with E-state index in [1.165, 1.54) is 16.2 Å². The second kappa shape index (κ2) is 5.51. The van der Waals surface area contributed by atoms with Crippen molar-refractivity contribution in [1.82, 2.24) is 4.90 Å². The maximum absolute atomic E-state index is 8.94. The molecule has 0 aliphatic carbocycles. The molecule has 0 fully saturated rings. The van der Waals surface area contributed by atoms with E-state index in [9.17, 15) is 0 Å². The Morgan fingerprint density at radius 2 is 1.93 bits per heavy atom. The first-order valence-corrected chi connectivity index (χ1v) is 5.66. The fraction of sp³-hybridized carbons (Fsp3) is 0.556. The highest BCUT2D eigenvalue weighted by Crippen LogP contribution is 2.10. The Morgan fingerprint density at radius 1 is 1.29 bits per heavy atom. The van der Waals surface area contributed by atoms with E-state index in [4.69, 9.17) is 10.0 Å². The van der Waals surface area contributed by atoms with E-state index in [0.29, 0.717) is 4.78 Å². The minimum atomic E-state index is -1.33. The Hall–Kier alpha value is -0.355. The molecule has 1 heterocycles. The van der Waals surface area contributed by atoms with Crippen LogP contribution in [-0.2, 0) is 6.54 Å². The normalized spacial score (nSPS) is 10.9. The van der Waals surface area contributed by atoms with Crippen molar-refractivity contribution in [1.29, 1.82) is 0 Å². The van der Waals surface area contributed by atoms with E-state index < -0.39 is 7.12 Å². The van der Waals surface area contributed by atoms with E-state index in [-0.39, 0.29) is 0 Å². The first-order valence-electron chi connectivity index (χ1n) is 4.84. The number of hydrogen-bond acceptors (Lipinski definition) is 4. The quantitative estimate of drug-likeness (QED) is 0.690. The Labute approximate surface area is 89.1 Å². The lowest BCUT2D eigenvalue weighted by Gasteiger charge is -2.16. The second-order valence-corrected chi connectivity index (χ2v) is 4.34. The molecule has 1 rings (SSSR count). The topological polar surface area (TPSA) is 43.7 Å². The van der Waals surface area contributed by atoms with Crippen molar-refractivity contribution in [2.45, 2.75) is 20.4 Å². The van der Waals surface area contributed by atoms with Crippen LogP contribution in [0.15, 0.2) is 12.1 Å². The van der Waals surface area contributed by atoms with Gasteiger partial charge in [0.2, 0.25) is 0 Å². The molecule has 1 aromatic rings. The standard InChI is InChI=1S/C9H16BNO2S/c1-3-11(4-2)7-8-5-6-9(14-8)10(12)13/h5-6,12-13H,3-4,7H2,1-2H3. The predicted octanol–water partition coefficient (Wildman–Crippen LogP) is 0.270. The summed E-state index contributed by atoms with van der Waals surface area (Å²) < 4.78 is 0.618. The first-order chi connectivity index (χ1) is 6.67. The van der Waals surface area contributed by atoms with Crippen LogP contribution in [0.1, 0.15) is 18.7 Å². The van der Waals surface area contributed by atoms with Gasteiger partial charge in [-0.3, -0.25) is 4.90 Å². The Bertz CT molecular complexity index is 274. The van der Waals surface area contributed by atoms with Crippen molar-refractivity contribution in [3.63, 3.8) is 0 Å². The Kier molecular flexibility index (Phi) is 4.61. The zero-order valence-corrected chi connectivity index (χ0v) is 9.42. The van der Waals surface area contributed by atoms with Crippen LogP contribution in [0.2, 0.25) is 0 Å². The molecule has 0 saturated carbocycles. The lowest BCUT2D eigenvalue weighted by atomic mass is 9.90. The first kappa shape index (κ1) is 11.7. The molecular weight excluding hydrogens is 197 g/mol. The zero-order valence-electron chi connectivity index (χ0n) is 8.60. The molecule has 0 bridgehead atoms. The number of hydrogen-bond donors (Lipinski definition) is 2. The van der Waals surface area contributed by atoms with Crippen molar-refractivity contribution in [3.8, 4) is 0 Å². The van der Waals surface area contributed by atoms with Gasteiger partial charge in [0.15, 0.2) is 0 Å². The van der Waals surface area contributed by atoms with Gasteiger partial charge in [-0.2, -0.15) is 0 Å². The van der Waals surface area contributed by atoms with Gasteiger partial charge in [0.1, 0.15) is 0 Å². The van der Waals surface area contributed by atoms with Crippen LogP contribution in [0.25, 0.3) is 0 Å². The molecule has 0 amide bonds. The van der Waals surface area contributed by atoms with Gasteiger partial charge in [-0.05, 0) is 19.2 Å². The summed E-state index contributed by atoms with van der Waals surface area (Å²) in [6.07, 6.45) is 0. The molecule has 0 spiro atoms. The van der Waals surface area contributed by atoms with Crippen LogP contribution in [0.4, 0.5) is 0 Å². The van der Waals surface area contributed by atoms with Crippen LogP contribution in [0, 0.1) is 0 Å². The minimum Gasteiger partial charge on any atom is -0.423 e. The van der Waals surface area contributed by atoms with E-state index in [1.807, 2.05) is 6.07 Å². The largest absolute Gasteiger partial charge is 0.499 e. The van der Waals surface area contributed by atoms with Crippen molar-refractivity contribution in [2.75, 3.05) is 13.1 Å². The lowest BCUT2D eigenvalue weighted by Crippen LogP contribution is -2.26. The van der Waals surface area contributed by atoms with Crippen LogP contribution in [0.5, 0.6) is 0 Å². The minimum absolute atomic E-state index is 0.618. The van der Waals surface area contributed by atoms with Gasteiger partial charge in [-0.15, -0.1) is 11.3 Å². The van der Waals surface area contributed by atoms with Crippen molar-refractivity contribution in [2.24, 2.45) is 0 Å². The van der Waals surface area contributed by atoms with Gasteiger partial charge in [0, 0.05) is 16.2 Å². The highest BCUT2D eigenvalue weighted by Gasteiger charge is 2.14. The van der Waals surface area contributed by atoms with E-state index in [0.717, 1.165) is 19.6 Å². The summed E-state index contributed by atoms with van der Waals surface area (Å²) in [6, 6.07) is 3.73. The van der Waals surface area contributed by atoms with Gasteiger partial charge in [0.25, 0.3) is 0 Å². The van der Waals surface area contributed by atoms with Crippen molar-refractivity contribution >= 4 is 23.2 Å². The molecule has 3 nitrogen and oxygen atoms in total. The molecule has 0 saturated heterocycles. The third-order valence-electron chi connectivity index (χ3n) is 2.21. The highest BCUT2D eigenvalue weighted by molar-refractivity contribution is 7.22. The third-order valence-corrected chi connectivity index (χ3v) is 3.32. The van der Waals surface area contributed by atoms with Gasteiger partial charge < -0.3 is 10.0 Å². The zero-order chi connectivity index (χ0) is 10.6. The van der Waals surface area contributed by atoms with E-state index >= 15 is 0 Å². The molecule has 1 aromatic heterocycles. The SMILES string of the molecule is CCN(CC)Cc1ccc(B(O)O)s1. The highest BCUT2D eigenvalue weighted by atomic mass is 32.1. The average molecular weight is 213 g/mol. The monoisotopic (exact) mass is 213 g/mol. The molecular formula is C9H16BNO2S. The summed E-state index contributed by atoms with van der Waals surface area (Å²) >= 11 is 1.46. The summed E-state index contributed by atoms with van der Waals surface area (Å²) in [5, 5.41) is 17.9. The molecule has 2 N–H and O–H groups in total. The van der Waals surface area contributed by atoms with Crippen LogP contribution < -0.4 is 4.78 Å². The number of nitrogens with zero attached hydrogens (tertiary/aromatic N) is 1. The molecule has 78 valence electrons.